The van der Waals surface area contributed by atoms with Gasteiger partial charge in [-0.1, -0.05) is 6.92 Å². The van der Waals surface area contributed by atoms with Crippen LogP contribution in [0.4, 0.5) is 0 Å². The Morgan fingerprint density at radius 2 is 2.47 bits per heavy atom. The van der Waals surface area contributed by atoms with Gasteiger partial charge in [0.05, 0.1) is 11.7 Å². The highest BCUT2D eigenvalue weighted by molar-refractivity contribution is 5.06. The zero-order valence-electron chi connectivity index (χ0n) is 9.44. The number of aromatic nitrogens is 2. The van der Waals surface area contributed by atoms with Crippen molar-refractivity contribution < 1.29 is 4.74 Å². The van der Waals surface area contributed by atoms with Crippen LogP contribution < -0.4 is 11.3 Å². The number of nitrogens with one attached hydrogen (secondary N) is 1. The van der Waals surface area contributed by atoms with Gasteiger partial charge in [0, 0.05) is 26.5 Å². The first kappa shape index (κ1) is 12.2. The fourth-order valence-corrected chi connectivity index (χ4v) is 1.59. The normalized spacial score (nSPS) is 13.0. The molecule has 15 heavy (non-hydrogen) atoms. The lowest BCUT2D eigenvalue weighted by molar-refractivity contribution is 0.181. The Morgan fingerprint density at radius 3 is 3.07 bits per heavy atom. The first-order valence-corrected chi connectivity index (χ1v) is 5.30. The van der Waals surface area contributed by atoms with Gasteiger partial charge in [0.15, 0.2) is 0 Å². The SMILES string of the molecule is CCCn1nccc1C(CCOC)NN. The van der Waals surface area contributed by atoms with Crippen LogP contribution in [0.15, 0.2) is 12.3 Å². The monoisotopic (exact) mass is 212 g/mol. The second-order valence-corrected chi connectivity index (χ2v) is 3.48. The largest absolute Gasteiger partial charge is 0.385 e. The number of methoxy groups -OCH3 is 1. The number of hydrazine groups is 1. The molecule has 5 nitrogen and oxygen atoms in total. The molecule has 0 saturated heterocycles. The van der Waals surface area contributed by atoms with Crippen LogP contribution in [0, 0.1) is 0 Å². The molecular formula is C10H20N4O. The van der Waals surface area contributed by atoms with Gasteiger partial charge in [0.25, 0.3) is 0 Å². The standard InChI is InChI=1S/C10H20N4O/c1-3-7-14-10(4-6-12-14)9(13-11)5-8-15-2/h4,6,9,13H,3,5,7-8,11H2,1-2H3. The van der Waals surface area contributed by atoms with Gasteiger partial charge >= 0.3 is 0 Å². The maximum atomic E-state index is 5.52. The van der Waals surface area contributed by atoms with E-state index in [-0.39, 0.29) is 6.04 Å². The molecule has 0 aromatic carbocycles. The van der Waals surface area contributed by atoms with Gasteiger partial charge in [-0.25, -0.2) is 0 Å². The molecule has 3 N–H and O–H groups in total. The molecule has 1 unspecified atom stereocenters. The highest BCUT2D eigenvalue weighted by Crippen LogP contribution is 2.15. The van der Waals surface area contributed by atoms with Crippen LogP contribution in [0.1, 0.15) is 31.5 Å². The minimum Gasteiger partial charge on any atom is -0.385 e. The second kappa shape index (κ2) is 6.55. The lowest BCUT2D eigenvalue weighted by Gasteiger charge is -2.16. The van der Waals surface area contributed by atoms with E-state index in [0.717, 1.165) is 25.1 Å². The van der Waals surface area contributed by atoms with Gasteiger partial charge < -0.3 is 4.74 Å². The molecule has 1 aromatic heterocycles. The van der Waals surface area contributed by atoms with Gasteiger partial charge in [-0.05, 0) is 18.9 Å². The Morgan fingerprint density at radius 1 is 1.67 bits per heavy atom. The van der Waals surface area contributed by atoms with Gasteiger partial charge in [-0.2, -0.15) is 5.10 Å². The molecule has 0 aliphatic carbocycles. The molecule has 1 rings (SSSR count). The summed E-state index contributed by atoms with van der Waals surface area (Å²) in [5, 5.41) is 4.26. The predicted octanol–water partition coefficient (Wildman–Crippen LogP) is 0.834. The van der Waals surface area contributed by atoms with Crippen molar-refractivity contribution in [2.24, 2.45) is 5.84 Å². The molecule has 0 radical (unpaired) electrons. The molecule has 1 atom stereocenters. The van der Waals surface area contributed by atoms with E-state index in [9.17, 15) is 0 Å². The Hall–Kier alpha value is -0.910. The molecule has 0 aliphatic rings. The summed E-state index contributed by atoms with van der Waals surface area (Å²) in [6, 6.07) is 2.11. The van der Waals surface area contributed by atoms with Crippen LogP contribution in [-0.2, 0) is 11.3 Å². The minimum absolute atomic E-state index is 0.110. The van der Waals surface area contributed by atoms with E-state index in [0.29, 0.717) is 6.61 Å². The van der Waals surface area contributed by atoms with E-state index in [1.807, 2.05) is 16.9 Å². The fraction of sp³-hybridized carbons (Fsp3) is 0.700. The Labute approximate surface area is 90.6 Å². The van der Waals surface area contributed by atoms with Crippen LogP contribution in [-0.4, -0.2) is 23.5 Å². The van der Waals surface area contributed by atoms with Crippen molar-refractivity contribution >= 4 is 0 Å². The molecule has 1 heterocycles. The third-order valence-electron chi connectivity index (χ3n) is 2.35. The van der Waals surface area contributed by atoms with Crippen molar-refractivity contribution in [2.45, 2.75) is 32.4 Å². The van der Waals surface area contributed by atoms with Crippen LogP contribution in [0.5, 0.6) is 0 Å². The molecular weight excluding hydrogens is 192 g/mol. The lowest BCUT2D eigenvalue weighted by atomic mass is 10.1. The zero-order chi connectivity index (χ0) is 11.1. The molecule has 0 amide bonds. The summed E-state index contributed by atoms with van der Waals surface area (Å²) in [6.07, 6.45) is 3.72. The molecule has 1 aromatic rings. The van der Waals surface area contributed by atoms with Gasteiger partial charge in [-0.3, -0.25) is 16.0 Å². The summed E-state index contributed by atoms with van der Waals surface area (Å²) < 4.78 is 7.03. The maximum Gasteiger partial charge on any atom is 0.0650 e. The van der Waals surface area contributed by atoms with E-state index >= 15 is 0 Å². The number of nitrogens with zero attached hydrogens (tertiary/aromatic N) is 2. The molecule has 0 bridgehead atoms. The summed E-state index contributed by atoms with van der Waals surface area (Å²) in [4.78, 5) is 0. The molecule has 0 spiro atoms. The maximum absolute atomic E-state index is 5.52. The average Bonchev–Trinajstić information content (AvgIpc) is 2.68. The minimum atomic E-state index is 0.110. The smallest absolute Gasteiger partial charge is 0.0650 e. The predicted molar refractivity (Wildman–Crippen MR) is 59.1 cm³/mol. The third kappa shape index (κ3) is 3.30. The fourth-order valence-electron chi connectivity index (χ4n) is 1.59. The average molecular weight is 212 g/mol. The Bertz CT molecular complexity index is 274. The number of hydrogen-bond acceptors (Lipinski definition) is 4. The first-order valence-electron chi connectivity index (χ1n) is 5.30. The van der Waals surface area contributed by atoms with Crippen LogP contribution in [0.2, 0.25) is 0 Å². The molecule has 5 heteroatoms. The topological polar surface area (TPSA) is 65.1 Å². The Balaban J connectivity index is 2.67. The van der Waals surface area contributed by atoms with E-state index < -0.39 is 0 Å². The third-order valence-corrected chi connectivity index (χ3v) is 2.35. The van der Waals surface area contributed by atoms with E-state index in [2.05, 4.69) is 17.4 Å². The molecule has 0 fully saturated rings. The number of ether oxygens (including phenoxy) is 1. The van der Waals surface area contributed by atoms with E-state index in [1.54, 1.807) is 7.11 Å². The van der Waals surface area contributed by atoms with Crippen molar-refractivity contribution in [1.82, 2.24) is 15.2 Å². The summed E-state index contributed by atoms with van der Waals surface area (Å²) in [5.41, 5.74) is 3.92. The van der Waals surface area contributed by atoms with Crippen molar-refractivity contribution in [3.63, 3.8) is 0 Å². The first-order chi connectivity index (χ1) is 7.33. The highest BCUT2D eigenvalue weighted by Gasteiger charge is 2.13. The molecule has 86 valence electrons. The van der Waals surface area contributed by atoms with E-state index in [1.165, 1.54) is 0 Å². The number of rotatable bonds is 7. The van der Waals surface area contributed by atoms with E-state index in [4.69, 9.17) is 10.6 Å². The Kier molecular flexibility index (Phi) is 5.31. The zero-order valence-corrected chi connectivity index (χ0v) is 9.44. The highest BCUT2D eigenvalue weighted by atomic mass is 16.5. The number of aryl methyl sites for hydroxylation is 1. The van der Waals surface area contributed by atoms with Crippen LogP contribution in [0.25, 0.3) is 0 Å². The number of hydrogen-bond donors (Lipinski definition) is 2. The quantitative estimate of drug-likeness (QED) is 0.519. The summed E-state index contributed by atoms with van der Waals surface area (Å²) in [7, 11) is 1.69. The second-order valence-electron chi connectivity index (χ2n) is 3.48. The summed E-state index contributed by atoms with van der Waals surface area (Å²) in [5.74, 6) is 5.52. The van der Waals surface area contributed by atoms with Crippen molar-refractivity contribution in [2.75, 3.05) is 13.7 Å². The van der Waals surface area contributed by atoms with Crippen LogP contribution >= 0.6 is 0 Å². The van der Waals surface area contributed by atoms with Crippen molar-refractivity contribution in [3.8, 4) is 0 Å². The number of nitrogens with two attached hydrogens (primary N) is 1. The van der Waals surface area contributed by atoms with Crippen molar-refractivity contribution in [1.29, 1.82) is 0 Å². The van der Waals surface area contributed by atoms with Gasteiger partial charge in [0.1, 0.15) is 0 Å². The lowest BCUT2D eigenvalue weighted by Crippen LogP contribution is -2.30. The molecule has 0 aliphatic heterocycles. The summed E-state index contributed by atoms with van der Waals surface area (Å²) >= 11 is 0. The van der Waals surface area contributed by atoms with Gasteiger partial charge in [-0.15, -0.1) is 0 Å². The van der Waals surface area contributed by atoms with Crippen molar-refractivity contribution in [3.05, 3.63) is 18.0 Å². The van der Waals surface area contributed by atoms with Gasteiger partial charge in [0.2, 0.25) is 0 Å². The van der Waals surface area contributed by atoms with Crippen LogP contribution in [0.3, 0.4) is 0 Å². The summed E-state index contributed by atoms with van der Waals surface area (Å²) in [6.45, 7) is 3.74. The molecule has 0 saturated carbocycles.